The largest absolute Gasteiger partial charge is 0.325 e. The maximum absolute atomic E-state index is 10.9. The van der Waals surface area contributed by atoms with Crippen LogP contribution in [-0.4, -0.2) is 5.91 Å². The molecule has 4 heteroatoms. The van der Waals surface area contributed by atoms with Gasteiger partial charge >= 0.3 is 0 Å². The molecule has 1 N–H and O–H groups in total. The molecule has 0 saturated carbocycles. The third kappa shape index (κ3) is 3.45. The molecule has 1 aromatic carbocycles. The predicted molar refractivity (Wildman–Crippen MR) is 58.9 cm³/mol. The molecule has 0 atom stereocenters. The van der Waals surface area contributed by atoms with E-state index in [0.29, 0.717) is 10.7 Å². The van der Waals surface area contributed by atoms with Crippen molar-refractivity contribution in [1.82, 2.24) is 5.32 Å². The molecule has 0 aliphatic carbocycles. The SMILES string of the molecule is CC(=O)N/C(=C/C#N)c1ccc(Cl)cc1. The van der Waals surface area contributed by atoms with Crippen molar-refractivity contribution in [1.29, 1.82) is 5.26 Å². The first kappa shape index (κ1) is 11.3. The molecule has 76 valence electrons. The second-order valence-corrected chi connectivity index (χ2v) is 3.31. The van der Waals surface area contributed by atoms with Gasteiger partial charge in [0.2, 0.25) is 5.91 Å². The predicted octanol–water partition coefficient (Wildman–Crippen LogP) is 2.34. The van der Waals surface area contributed by atoms with E-state index in [4.69, 9.17) is 16.9 Å². The Labute approximate surface area is 93.0 Å². The van der Waals surface area contributed by atoms with Crippen LogP contribution in [0.3, 0.4) is 0 Å². The first-order chi connectivity index (χ1) is 7.13. The van der Waals surface area contributed by atoms with Gasteiger partial charge in [-0.05, 0) is 17.7 Å². The van der Waals surface area contributed by atoms with Crippen LogP contribution in [-0.2, 0) is 4.79 Å². The zero-order valence-corrected chi connectivity index (χ0v) is 8.88. The molecule has 0 fully saturated rings. The van der Waals surface area contributed by atoms with E-state index < -0.39 is 0 Å². The van der Waals surface area contributed by atoms with Gasteiger partial charge in [-0.25, -0.2) is 0 Å². The Kier molecular flexibility index (Phi) is 3.90. The van der Waals surface area contributed by atoms with Crippen LogP contribution in [0.25, 0.3) is 5.70 Å². The summed E-state index contributed by atoms with van der Waals surface area (Å²) in [4.78, 5) is 10.9. The fourth-order valence-corrected chi connectivity index (χ4v) is 1.20. The summed E-state index contributed by atoms with van der Waals surface area (Å²) >= 11 is 5.73. The minimum Gasteiger partial charge on any atom is -0.325 e. The minimum atomic E-state index is -0.216. The highest BCUT2D eigenvalue weighted by Crippen LogP contribution is 2.15. The van der Waals surface area contributed by atoms with Gasteiger partial charge in [0.25, 0.3) is 0 Å². The standard InChI is InChI=1S/C11H9ClN2O/c1-8(15)14-11(6-7-13)9-2-4-10(12)5-3-9/h2-6H,1H3,(H,14,15)/b11-6+. The first-order valence-corrected chi connectivity index (χ1v) is 4.64. The minimum absolute atomic E-state index is 0.216. The van der Waals surface area contributed by atoms with E-state index in [1.165, 1.54) is 13.0 Å². The maximum Gasteiger partial charge on any atom is 0.221 e. The Balaban J connectivity index is 3.01. The van der Waals surface area contributed by atoms with Gasteiger partial charge < -0.3 is 5.32 Å². The fraction of sp³-hybridized carbons (Fsp3) is 0.0909. The summed E-state index contributed by atoms with van der Waals surface area (Å²) in [6.45, 7) is 1.39. The van der Waals surface area contributed by atoms with Crippen LogP contribution in [0.5, 0.6) is 0 Å². The second kappa shape index (κ2) is 5.18. The Hall–Kier alpha value is -1.79. The van der Waals surface area contributed by atoms with Crippen LogP contribution in [0.4, 0.5) is 0 Å². The number of halogens is 1. The number of nitriles is 1. The Morgan fingerprint density at radius 3 is 2.53 bits per heavy atom. The molecule has 0 radical (unpaired) electrons. The Morgan fingerprint density at radius 1 is 1.47 bits per heavy atom. The van der Waals surface area contributed by atoms with Gasteiger partial charge in [0, 0.05) is 18.0 Å². The van der Waals surface area contributed by atoms with Crippen molar-refractivity contribution >= 4 is 23.2 Å². The van der Waals surface area contributed by atoms with E-state index in [1.807, 2.05) is 6.07 Å². The van der Waals surface area contributed by atoms with E-state index in [1.54, 1.807) is 24.3 Å². The number of allylic oxidation sites excluding steroid dienone is 1. The molecule has 0 saturated heterocycles. The molecular formula is C11H9ClN2O. The summed E-state index contributed by atoms with van der Waals surface area (Å²) in [5.74, 6) is -0.216. The van der Waals surface area contributed by atoms with Crippen LogP contribution in [0.15, 0.2) is 30.3 Å². The van der Waals surface area contributed by atoms with Gasteiger partial charge in [-0.1, -0.05) is 23.7 Å². The molecule has 0 bridgehead atoms. The van der Waals surface area contributed by atoms with Crippen LogP contribution >= 0.6 is 11.6 Å². The van der Waals surface area contributed by atoms with Crippen molar-refractivity contribution in [2.75, 3.05) is 0 Å². The van der Waals surface area contributed by atoms with Crippen molar-refractivity contribution in [3.8, 4) is 6.07 Å². The second-order valence-electron chi connectivity index (χ2n) is 2.88. The summed E-state index contributed by atoms with van der Waals surface area (Å²) in [5.41, 5.74) is 1.22. The topological polar surface area (TPSA) is 52.9 Å². The summed E-state index contributed by atoms with van der Waals surface area (Å²) in [7, 11) is 0. The molecule has 0 aliphatic rings. The van der Waals surface area contributed by atoms with Gasteiger partial charge in [-0.15, -0.1) is 0 Å². The number of hydrogen-bond donors (Lipinski definition) is 1. The summed E-state index contributed by atoms with van der Waals surface area (Å²) in [6.07, 6.45) is 1.28. The molecular weight excluding hydrogens is 212 g/mol. The van der Waals surface area contributed by atoms with Crippen LogP contribution < -0.4 is 5.32 Å². The number of rotatable bonds is 2. The highest BCUT2D eigenvalue weighted by atomic mass is 35.5. The highest BCUT2D eigenvalue weighted by molar-refractivity contribution is 6.30. The third-order valence-corrected chi connectivity index (χ3v) is 1.93. The highest BCUT2D eigenvalue weighted by Gasteiger charge is 2.02. The van der Waals surface area contributed by atoms with Gasteiger partial charge in [0.1, 0.15) is 0 Å². The van der Waals surface area contributed by atoms with Crippen LogP contribution in [0.2, 0.25) is 5.02 Å². The van der Waals surface area contributed by atoms with Gasteiger partial charge in [0.05, 0.1) is 11.8 Å². The van der Waals surface area contributed by atoms with Crippen LogP contribution in [0, 0.1) is 11.3 Å². The number of amides is 1. The fourth-order valence-electron chi connectivity index (χ4n) is 1.08. The Morgan fingerprint density at radius 2 is 2.07 bits per heavy atom. The molecule has 1 rings (SSSR count). The van der Waals surface area contributed by atoms with E-state index >= 15 is 0 Å². The third-order valence-electron chi connectivity index (χ3n) is 1.67. The number of nitrogens with one attached hydrogen (secondary N) is 1. The monoisotopic (exact) mass is 220 g/mol. The first-order valence-electron chi connectivity index (χ1n) is 4.27. The van der Waals surface area contributed by atoms with Gasteiger partial charge in [-0.3, -0.25) is 4.79 Å². The molecule has 0 aromatic heterocycles. The summed E-state index contributed by atoms with van der Waals surface area (Å²) in [5, 5.41) is 11.7. The molecule has 3 nitrogen and oxygen atoms in total. The van der Waals surface area contributed by atoms with Crippen molar-refractivity contribution < 1.29 is 4.79 Å². The maximum atomic E-state index is 10.9. The Bertz CT molecular complexity index is 429. The average Bonchev–Trinajstić information content (AvgIpc) is 2.17. The number of nitrogens with zero attached hydrogens (tertiary/aromatic N) is 1. The number of benzene rings is 1. The van der Waals surface area contributed by atoms with E-state index in [-0.39, 0.29) is 5.91 Å². The number of carbonyl (C=O) groups excluding carboxylic acids is 1. The lowest BCUT2D eigenvalue weighted by molar-refractivity contribution is -0.117. The number of hydrogen-bond acceptors (Lipinski definition) is 2. The summed E-state index contributed by atoms with van der Waals surface area (Å²) < 4.78 is 0. The number of carbonyl (C=O) groups is 1. The van der Waals surface area contributed by atoms with Crippen molar-refractivity contribution in [2.45, 2.75) is 6.92 Å². The zero-order chi connectivity index (χ0) is 11.3. The normalized spacial score (nSPS) is 10.6. The molecule has 0 unspecified atom stereocenters. The molecule has 0 spiro atoms. The smallest absolute Gasteiger partial charge is 0.221 e. The van der Waals surface area contributed by atoms with Crippen molar-refractivity contribution in [3.63, 3.8) is 0 Å². The average molecular weight is 221 g/mol. The molecule has 1 amide bonds. The summed E-state index contributed by atoms with van der Waals surface area (Å²) in [6, 6.07) is 8.75. The van der Waals surface area contributed by atoms with E-state index in [0.717, 1.165) is 5.56 Å². The zero-order valence-electron chi connectivity index (χ0n) is 8.12. The lowest BCUT2D eigenvalue weighted by Gasteiger charge is -2.06. The van der Waals surface area contributed by atoms with E-state index in [9.17, 15) is 4.79 Å². The quantitative estimate of drug-likeness (QED) is 0.778. The van der Waals surface area contributed by atoms with Crippen molar-refractivity contribution in [2.24, 2.45) is 0 Å². The lowest BCUT2D eigenvalue weighted by atomic mass is 10.1. The van der Waals surface area contributed by atoms with Crippen molar-refractivity contribution in [3.05, 3.63) is 40.9 Å². The van der Waals surface area contributed by atoms with Crippen LogP contribution in [0.1, 0.15) is 12.5 Å². The van der Waals surface area contributed by atoms with Gasteiger partial charge in [0.15, 0.2) is 0 Å². The molecule has 0 heterocycles. The van der Waals surface area contributed by atoms with Gasteiger partial charge in [-0.2, -0.15) is 5.26 Å². The molecule has 1 aromatic rings. The van der Waals surface area contributed by atoms with E-state index in [2.05, 4.69) is 5.32 Å². The molecule has 0 aliphatic heterocycles. The lowest BCUT2D eigenvalue weighted by Crippen LogP contribution is -2.17. The molecule has 15 heavy (non-hydrogen) atoms.